The molecular formula is C31H36N2O6. The van der Waals surface area contributed by atoms with Crippen molar-refractivity contribution in [1.82, 2.24) is 0 Å². The van der Waals surface area contributed by atoms with E-state index in [0.29, 0.717) is 19.0 Å². The van der Waals surface area contributed by atoms with E-state index in [-0.39, 0.29) is 24.3 Å². The quantitative estimate of drug-likeness (QED) is 0.113. The van der Waals surface area contributed by atoms with Crippen LogP contribution < -0.4 is 9.47 Å². The SMILES string of the molecule is CCOC(=O)c1cc(OCCCCCCOc2ccc(N=Nc3ccc(C)cc3)cc2)cc(C(=O)OCC)c1. The van der Waals surface area contributed by atoms with E-state index in [1.165, 1.54) is 11.6 Å². The zero-order valence-electron chi connectivity index (χ0n) is 22.9. The molecule has 0 heterocycles. The van der Waals surface area contributed by atoms with Gasteiger partial charge in [0, 0.05) is 0 Å². The number of unbranched alkanes of at least 4 members (excludes halogenated alkanes) is 3. The Morgan fingerprint density at radius 2 is 1.08 bits per heavy atom. The third-order valence-corrected chi connectivity index (χ3v) is 5.66. The molecule has 206 valence electrons. The Balaban J connectivity index is 1.36. The Labute approximate surface area is 230 Å². The fourth-order valence-corrected chi connectivity index (χ4v) is 3.62. The van der Waals surface area contributed by atoms with Crippen molar-refractivity contribution in [3.8, 4) is 11.5 Å². The Bertz CT molecular complexity index is 1190. The lowest BCUT2D eigenvalue weighted by Crippen LogP contribution is -2.10. The number of esters is 2. The first-order valence-electron chi connectivity index (χ1n) is 13.3. The van der Waals surface area contributed by atoms with Crippen molar-refractivity contribution in [3.63, 3.8) is 0 Å². The lowest BCUT2D eigenvalue weighted by atomic mass is 10.1. The normalized spacial score (nSPS) is 10.8. The van der Waals surface area contributed by atoms with Crippen LogP contribution in [0.5, 0.6) is 11.5 Å². The number of hydrogen-bond acceptors (Lipinski definition) is 8. The lowest BCUT2D eigenvalue weighted by molar-refractivity contribution is 0.0524. The molecule has 0 aromatic heterocycles. The van der Waals surface area contributed by atoms with Crippen molar-refractivity contribution in [2.75, 3.05) is 26.4 Å². The van der Waals surface area contributed by atoms with Crippen molar-refractivity contribution in [2.45, 2.75) is 46.5 Å². The van der Waals surface area contributed by atoms with Gasteiger partial charge >= 0.3 is 11.9 Å². The summed E-state index contributed by atoms with van der Waals surface area (Å²) < 4.78 is 21.8. The molecule has 0 N–H and O–H groups in total. The van der Waals surface area contributed by atoms with Crippen LogP contribution in [0.4, 0.5) is 11.4 Å². The average Bonchev–Trinajstić information content (AvgIpc) is 2.95. The minimum atomic E-state index is -0.505. The molecule has 0 aliphatic carbocycles. The summed E-state index contributed by atoms with van der Waals surface area (Å²) in [5, 5.41) is 8.51. The van der Waals surface area contributed by atoms with Crippen LogP contribution in [0.2, 0.25) is 0 Å². The van der Waals surface area contributed by atoms with Gasteiger partial charge in [-0.1, -0.05) is 17.7 Å². The second-order valence-corrected chi connectivity index (χ2v) is 8.83. The van der Waals surface area contributed by atoms with Crippen molar-refractivity contribution < 1.29 is 28.5 Å². The Hall–Kier alpha value is -4.20. The van der Waals surface area contributed by atoms with Gasteiger partial charge in [-0.05, 0) is 101 Å². The molecule has 39 heavy (non-hydrogen) atoms. The van der Waals surface area contributed by atoms with Gasteiger partial charge in [0.25, 0.3) is 0 Å². The highest BCUT2D eigenvalue weighted by molar-refractivity contribution is 5.96. The molecule has 0 fully saturated rings. The predicted octanol–water partition coefficient (Wildman–Crippen LogP) is 7.78. The van der Waals surface area contributed by atoms with E-state index in [0.717, 1.165) is 42.8 Å². The maximum Gasteiger partial charge on any atom is 0.338 e. The first-order chi connectivity index (χ1) is 19.0. The van der Waals surface area contributed by atoms with Crippen LogP contribution in [0.15, 0.2) is 77.0 Å². The molecule has 0 aliphatic heterocycles. The largest absolute Gasteiger partial charge is 0.494 e. The van der Waals surface area contributed by atoms with Crippen LogP contribution >= 0.6 is 0 Å². The van der Waals surface area contributed by atoms with Gasteiger partial charge in [0.2, 0.25) is 0 Å². The van der Waals surface area contributed by atoms with Gasteiger partial charge in [-0.3, -0.25) is 0 Å². The average molecular weight is 533 g/mol. The summed E-state index contributed by atoms with van der Waals surface area (Å²) in [5.41, 5.74) is 3.30. The van der Waals surface area contributed by atoms with Gasteiger partial charge in [-0.2, -0.15) is 10.2 Å². The van der Waals surface area contributed by atoms with Crippen molar-refractivity contribution in [2.24, 2.45) is 10.2 Å². The number of nitrogens with zero attached hydrogens (tertiary/aromatic N) is 2. The molecule has 0 radical (unpaired) electrons. The fourth-order valence-electron chi connectivity index (χ4n) is 3.62. The number of carbonyl (C=O) groups excluding carboxylic acids is 2. The summed E-state index contributed by atoms with van der Waals surface area (Å²) >= 11 is 0. The number of aryl methyl sites for hydroxylation is 1. The van der Waals surface area contributed by atoms with Gasteiger partial charge in [0.05, 0.1) is 48.9 Å². The summed E-state index contributed by atoms with van der Waals surface area (Å²) in [4.78, 5) is 24.3. The van der Waals surface area contributed by atoms with Crippen molar-refractivity contribution in [1.29, 1.82) is 0 Å². The van der Waals surface area contributed by atoms with E-state index < -0.39 is 11.9 Å². The van der Waals surface area contributed by atoms with E-state index in [4.69, 9.17) is 18.9 Å². The number of rotatable bonds is 15. The Morgan fingerprint density at radius 3 is 1.56 bits per heavy atom. The molecule has 8 nitrogen and oxygen atoms in total. The molecule has 3 rings (SSSR count). The summed E-state index contributed by atoms with van der Waals surface area (Å²) in [7, 11) is 0. The molecule has 0 spiro atoms. The summed E-state index contributed by atoms with van der Waals surface area (Å²) in [6.07, 6.45) is 3.70. The summed E-state index contributed by atoms with van der Waals surface area (Å²) in [6.45, 7) is 7.07. The fraction of sp³-hybridized carbons (Fsp3) is 0.355. The number of hydrogen-bond donors (Lipinski definition) is 0. The minimum Gasteiger partial charge on any atom is -0.494 e. The van der Waals surface area contributed by atoms with Crippen LogP contribution in [0.25, 0.3) is 0 Å². The van der Waals surface area contributed by atoms with Crippen LogP contribution in [0.3, 0.4) is 0 Å². The molecule has 0 amide bonds. The Kier molecular flexibility index (Phi) is 12.0. The van der Waals surface area contributed by atoms with Gasteiger partial charge in [-0.15, -0.1) is 0 Å². The van der Waals surface area contributed by atoms with Gasteiger partial charge in [0.1, 0.15) is 11.5 Å². The van der Waals surface area contributed by atoms with Crippen LogP contribution in [-0.2, 0) is 9.47 Å². The maximum atomic E-state index is 12.2. The molecule has 0 atom stereocenters. The van der Waals surface area contributed by atoms with E-state index in [9.17, 15) is 9.59 Å². The van der Waals surface area contributed by atoms with E-state index >= 15 is 0 Å². The zero-order chi connectivity index (χ0) is 27.9. The van der Waals surface area contributed by atoms with Crippen LogP contribution in [0.1, 0.15) is 65.8 Å². The van der Waals surface area contributed by atoms with Crippen molar-refractivity contribution in [3.05, 3.63) is 83.4 Å². The van der Waals surface area contributed by atoms with E-state index in [1.807, 2.05) is 55.5 Å². The predicted molar refractivity (Wildman–Crippen MR) is 150 cm³/mol. The molecule has 0 unspecified atom stereocenters. The molecular weight excluding hydrogens is 496 g/mol. The molecule has 0 saturated heterocycles. The smallest absolute Gasteiger partial charge is 0.338 e. The van der Waals surface area contributed by atoms with Crippen LogP contribution in [-0.4, -0.2) is 38.4 Å². The second kappa shape index (κ2) is 15.9. The van der Waals surface area contributed by atoms with E-state index in [2.05, 4.69) is 10.2 Å². The molecule has 8 heteroatoms. The molecule has 0 aliphatic rings. The maximum absolute atomic E-state index is 12.2. The molecule has 3 aromatic rings. The minimum absolute atomic E-state index is 0.244. The highest BCUT2D eigenvalue weighted by atomic mass is 16.5. The molecule has 3 aromatic carbocycles. The van der Waals surface area contributed by atoms with Crippen LogP contribution in [0, 0.1) is 6.92 Å². The van der Waals surface area contributed by atoms with Gasteiger partial charge in [-0.25, -0.2) is 9.59 Å². The first-order valence-corrected chi connectivity index (χ1v) is 13.3. The number of benzene rings is 3. The zero-order valence-corrected chi connectivity index (χ0v) is 22.9. The second-order valence-electron chi connectivity index (χ2n) is 8.83. The number of azo groups is 1. The topological polar surface area (TPSA) is 95.8 Å². The Morgan fingerprint density at radius 1 is 0.615 bits per heavy atom. The molecule has 0 bridgehead atoms. The lowest BCUT2D eigenvalue weighted by Gasteiger charge is -2.11. The van der Waals surface area contributed by atoms with Gasteiger partial charge in [0.15, 0.2) is 0 Å². The monoisotopic (exact) mass is 532 g/mol. The third-order valence-electron chi connectivity index (χ3n) is 5.66. The number of carbonyl (C=O) groups is 2. The third kappa shape index (κ3) is 10.2. The van der Waals surface area contributed by atoms with Crippen molar-refractivity contribution >= 4 is 23.3 Å². The first kappa shape index (κ1) is 29.4. The molecule has 0 saturated carbocycles. The summed E-state index contributed by atoms with van der Waals surface area (Å²) in [6, 6.07) is 20.1. The standard InChI is InChI=1S/C31H36N2O6/c1-4-36-30(34)24-20-25(31(35)37-5-2)22-29(21-24)39-19-9-7-6-8-18-38-28-16-14-27(15-17-28)33-32-26-12-10-23(3)11-13-26/h10-17,20-22H,4-9,18-19H2,1-3H3. The number of ether oxygens (including phenoxy) is 4. The highest BCUT2D eigenvalue weighted by Crippen LogP contribution is 2.22. The highest BCUT2D eigenvalue weighted by Gasteiger charge is 2.15. The summed E-state index contributed by atoms with van der Waals surface area (Å²) in [5.74, 6) is 0.227. The van der Waals surface area contributed by atoms with Gasteiger partial charge < -0.3 is 18.9 Å². The van der Waals surface area contributed by atoms with E-state index in [1.54, 1.807) is 26.0 Å².